The number of nitrogens with zero attached hydrogens (tertiary/aromatic N) is 1. The fraction of sp³-hybridized carbons (Fsp3) is 0.611. The van der Waals surface area contributed by atoms with Crippen LogP contribution in [0.15, 0.2) is 24.3 Å². The summed E-state index contributed by atoms with van der Waals surface area (Å²) in [5.74, 6) is 0.867. The molecule has 3 nitrogen and oxygen atoms in total. The molecule has 1 heterocycles. The normalized spacial score (nSPS) is 17.0. The van der Waals surface area contributed by atoms with Crippen LogP contribution >= 0.6 is 0 Å². The number of nitrogens with two attached hydrogens (primary N) is 1. The molecule has 1 aromatic carbocycles. The summed E-state index contributed by atoms with van der Waals surface area (Å²) in [4.78, 5) is 14.3. The van der Waals surface area contributed by atoms with Gasteiger partial charge in [0.2, 0.25) is 5.91 Å². The van der Waals surface area contributed by atoms with E-state index in [0.717, 1.165) is 25.9 Å². The van der Waals surface area contributed by atoms with Gasteiger partial charge in [-0.3, -0.25) is 4.79 Å². The van der Waals surface area contributed by atoms with E-state index in [9.17, 15) is 4.79 Å². The molecule has 1 aliphatic rings. The van der Waals surface area contributed by atoms with Crippen molar-refractivity contribution in [3.05, 3.63) is 35.4 Å². The zero-order chi connectivity index (χ0) is 15.5. The van der Waals surface area contributed by atoms with Crippen molar-refractivity contribution in [2.75, 3.05) is 13.1 Å². The van der Waals surface area contributed by atoms with Crippen LogP contribution in [0.1, 0.15) is 57.1 Å². The predicted molar refractivity (Wildman–Crippen MR) is 87.0 cm³/mol. The van der Waals surface area contributed by atoms with E-state index in [0.29, 0.717) is 24.8 Å². The molecule has 0 aliphatic carbocycles. The smallest absolute Gasteiger partial charge is 0.223 e. The van der Waals surface area contributed by atoms with Gasteiger partial charge in [0.05, 0.1) is 0 Å². The van der Waals surface area contributed by atoms with Gasteiger partial charge in [-0.15, -0.1) is 0 Å². The molecule has 21 heavy (non-hydrogen) atoms. The molecule has 1 saturated heterocycles. The standard InChI is InChI=1S/C18H28N2O/c1-18(2,3)12-17(21)20-9-7-15(8-10-20)16-6-4-5-14(11-16)13-19/h4-6,11,15H,7-10,12-13,19H2,1-3H3. The molecule has 0 bridgehead atoms. The number of carbonyl (C=O) groups is 1. The van der Waals surface area contributed by atoms with Crippen molar-refractivity contribution in [2.24, 2.45) is 11.1 Å². The molecule has 2 N–H and O–H groups in total. The van der Waals surface area contributed by atoms with Gasteiger partial charge in [-0.05, 0) is 35.3 Å². The van der Waals surface area contributed by atoms with Crippen LogP contribution < -0.4 is 5.73 Å². The summed E-state index contributed by atoms with van der Waals surface area (Å²) in [5.41, 5.74) is 8.36. The molecule has 0 saturated carbocycles. The van der Waals surface area contributed by atoms with Crippen molar-refractivity contribution in [1.29, 1.82) is 0 Å². The number of benzene rings is 1. The van der Waals surface area contributed by atoms with Crippen LogP contribution in [-0.4, -0.2) is 23.9 Å². The van der Waals surface area contributed by atoms with E-state index in [-0.39, 0.29) is 5.41 Å². The van der Waals surface area contributed by atoms with Crippen LogP contribution in [0.3, 0.4) is 0 Å². The van der Waals surface area contributed by atoms with Crippen LogP contribution in [0.2, 0.25) is 0 Å². The van der Waals surface area contributed by atoms with E-state index in [1.165, 1.54) is 11.1 Å². The van der Waals surface area contributed by atoms with Gasteiger partial charge in [-0.2, -0.15) is 0 Å². The van der Waals surface area contributed by atoms with Crippen molar-refractivity contribution in [3.63, 3.8) is 0 Å². The van der Waals surface area contributed by atoms with Gasteiger partial charge in [0.1, 0.15) is 0 Å². The number of hydrogen-bond donors (Lipinski definition) is 1. The molecule has 1 amide bonds. The largest absolute Gasteiger partial charge is 0.343 e. The zero-order valence-electron chi connectivity index (χ0n) is 13.6. The van der Waals surface area contributed by atoms with Gasteiger partial charge in [-0.1, -0.05) is 45.0 Å². The van der Waals surface area contributed by atoms with Gasteiger partial charge < -0.3 is 10.6 Å². The van der Waals surface area contributed by atoms with E-state index in [1.54, 1.807) is 0 Å². The van der Waals surface area contributed by atoms with E-state index in [2.05, 4.69) is 45.0 Å². The molecular formula is C18H28N2O. The maximum absolute atomic E-state index is 12.3. The molecule has 116 valence electrons. The summed E-state index contributed by atoms with van der Waals surface area (Å²) in [6.45, 7) is 8.72. The quantitative estimate of drug-likeness (QED) is 0.927. The number of amides is 1. The molecule has 1 aliphatic heterocycles. The number of piperidine rings is 1. The maximum Gasteiger partial charge on any atom is 0.223 e. The average molecular weight is 288 g/mol. The predicted octanol–water partition coefficient (Wildman–Crippen LogP) is 3.29. The molecule has 3 heteroatoms. The minimum atomic E-state index is 0.0728. The fourth-order valence-electron chi connectivity index (χ4n) is 3.00. The summed E-state index contributed by atoms with van der Waals surface area (Å²) < 4.78 is 0. The molecule has 2 rings (SSSR count). The Kier molecular flexibility index (Phi) is 5.04. The van der Waals surface area contributed by atoms with E-state index in [1.807, 2.05) is 4.90 Å². The lowest BCUT2D eigenvalue weighted by atomic mass is 9.87. The first-order chi connectivity index (χ1) is 9.89. The van der Waals surface area contributed by atoms with Crippen molar-refractivity contribution < 1.29 is 4.79 Å². The summed E-state index contributed by atoms with van der Waals surface area (Å²) in [5, 5.41) is 0. The fourth-order valence-corrected chi connectivity index (χ4v) is 3.00. The lowest BCUT2D eigenvalue weighted by Crippen LogP contribution is -2.39. The molecule has 0 unspecified atom stereocenters. The van der Waals surface area contributed by atoms with Crippen molar-refractivity contribution >= 4 is 5.91 Å². The zero-order valence-corrected chi connectivity index (χ0v) is 13.6. The molecule has 0 aromatic heterocycles. The second-order valence-electron chi connectivity index (χ2n) is 7.34. The Morgan fingerprint density at radius 1 is 1.29 bits per heavy atom. The van der Waals surface area contributed by atoms with Crippen LogP contribution in [0.4, 0.5) is 0 Å². The van der Waals surface area contributed by atoms with Crippen molar-refractivity contribution in [2.45, 2.75) is 52.5 Å². The second kappa shape index (κ2) is 6.61. The highest BCUT2D eigenvalue weighted by atomic mass is 16.2. The number of likely N-dealkylation sites (tertiary alicyclic amines) is 1. The third-order valence-corrected chi connectivity index (χ3v) is 4.19. The minimum absolute atomic E-state index is 0.0728. The Labute approximate surface area is 128 Å². The highest BCUT2D eigenvalue weighted by Crippen LogP contribution is 2.30. The topological polar surface area (TPSA) is 46.3 Å². The molecule has 1 fully saturated rings. The first-order valence-corrected chi connectivity index (χ1v) is 7.96. The van der Waals surface area contributed by atoms with Gasteiger partial charge in [-0.25, -0.2) is 0 Å². The number of hydrogen-bond acceptors (Lipinski definition) is 2. The highest BCUT2D eigenvalue weighted by Gasteiger charge is 2.26. The Balaban J connectivity index is 1.92. The first-order valence-electron chi connectivity index (χ1n) is 7.96. The van der Waals surface area contributed by atoms with Gasteiger partial charge in [0, 0.05) is 26.1 Å². The molecule has 0 radical (unpaired) electrons. The van der Waals surface area contributed by atoms with Gasteiger partial charge >= 0.3 is 0 Å². The monoisotopic (exact) mass is 288 g/mol. The van der Waals surface area contributed by atoms with Crippen LogP contribution in [0.5, 0.6) is 0 Å². The van der Waals surface area contributed by atoms with Crippen LogP contribution in [-0.2, 0) is 11.3 Å². The highest BCUT2D eigenvalue weighted by molar-refractivity contribution is 5.76. The second-order valence-corrected chi connectivity index (χ2v) is 7.34. The molecule has 0 atom stereocenters. The minimum Gasteiger partial charge on any atom is -0.343 e. The SMILES string of the molecule is CC(C)(C)CC(=O)N1CCC(c2cccc(CN)c2)CC1. The van der Waals surface area contributed by atoms with Crippen molar-refractivity contribution in [3.8, 4) is 0 Å². The lowest BCUT2D eigenvalue weighted by Gasteiger charge is -2.34. The van der Waals surface area contributed by atoms with Gasteiger partial charge in [0.15, 0.2) is 0 Å². The Morgan fingerprint density at radius 2 is 1.95 bits per heavy atom. The average Bonchev–Trinajstić information content (AvgIpc) is 2.46. The maximum atomic E-state index is 12.3. The number of carbonyl (C=O) groups excluding carboxylic acids is 1. The first kappa shape index (κ1) is 16.0. The lowest BCUT2D eigenvalue weighted by molar-refractivity contribution is -0.134. The third-order valence-electron chi connectivity index (χ3n) is 4.19. The van der Waals surface area contributed by atoms with Crippen LogP contribution in [0, 0.1) is 5.41 Å². The molecule has 0 spiro atoms. The molecule has 1 aromatic rings. The molecular weight excluding hydrogens is 260 g/mol. The van der Waals surface area contributed by atoms with E-state index in [4.69, 9.17) is 5.73 Å². The van der Waals surface area contributed by atoms with E-state index >= 15 is 0 Å². The Hall–Kier alpha value is -1.35. The number of rotatable bonds is 3. The van der Waals surface area contributed by atoms with Gasteiger partial charge in [0.25, 0.3) is 0 Å². The summed E-state index contributed by atoms with van der Waals surface area (Å²) >= 11 is 0. The Morgan fingerprint density at radius 3 is 2.52 bits per heavy atom. The van der Waals surface area contributed by atoms with Crippen molar-refractivity contribution in [1.82, 2.24) is 4.90 Å². The summed E-state index contributed by atoms with van der Waals surface area (Å²) in [7, 11) is 0. The summed E-state index contributed by atoms with van der Waals surface area (Å²) in [6, 6.07) is 8.58. The Bertz CT molecular complexity index is 482. The summed E-state index contributed by atoms with van der Waals surface area (Å²) in [6.07, 6.45) is 2.76. The van der Waals surface area contributed by atoms with E-state index < -0.39 is 0 Å². The van der Waals surface area contributed by atoms with Crippen LogP contribution in [0.25, 0.3) is 0 Å². The third kappa shape index (κ3) is 4.57.